The summed E-state index contributed by atoms with van der Waals surface area (Å²) in [7, 11) is 1.57. The van der Waals surface area contributed by atoms with Crippen molar-refractivity contribution in [3.63, 3.8) is 0 Å². The fraction of sp³-hybridized carbons (Fsp3) is 0.500. The first-order chi connectivity index (χ1) is 8.61. The van der Waals surface area contributed by atoms with Crippen molar-refractivity contribution in [1.29, 1.82) is 0 Å². The van der Waals surface area contributed by atoms with Crippen LogP contribution in [0, 0.1) is 0 Å². The fourth-order valence-corrected chi connectivity index (χ4v) is 1.46. The van der Waals surface area contributed by atoms with Crippen LogP contribution < -0.4 is 10.1 Å². The van der Waals surface area contributed by atoms with E-state index >= 15 is 0 Å². The largest absolute Gasteiger partial charge is 0.481 e. The number of rotatable bonds is 6. The van der Waals surface area contributed by atoms with Gasteiger partial charge in [0.1, 0.15) is 0 Å². The van der Waals surface area contributed by atoms with Crippen molar-refractivity contribution in [2.24, 2.45) is 10.2 Å². The monoisotopic (exact) mass is 248 g/mol. The van der Waals surface area contributed by atoms with Gasteiger partial charge in [0, 0.05) is 31.6 Å². The second kappa shape index (κ2) is 5.12. The Bertz CT molecular complexity index is 450. The van der Waals surface area contributed by atoms with Crippen molar-refractivity contribution in [3.05, 3.63) is 23.9 Å². The highest BCUT2D eigenvalue weighted by atomic mass is 16.5. The number of aromatic nitrogens is 1. The van der Waals surface area contributed by atoms with Crippen molar-refractivity contribution in [1.82, 2.24) is 10.3 Å². The van der Waals surface area contributed by atoms with Crippen LogP contribution in [0.4, 0.5) is 0 Å². The number of methoxy groups -OCH3 is 1. The first-order valence-corrected chi connectivity index (χ1v) is 5.81. The van der Waals surface area contributed by atoms with Gasteiger partial charge < -0.3 is 10.1 Å². The maximum atomic E-state index is 11.6. The molecule has 2 heterocycles. The van der Waals surface area contributed by atoms with Crippen LogP contribution in [-0.2, 0) is 11.3 Å². The Morgan fingerprint density at radius 3 is 2.78 bits per heavy atom. The lowest BCUT2D eigenvalue weighted by Crippen LogP contribution is -2.24. The molecule has 18 heavy (non-hydrogen) atoms. The molecule has 1 aromatic heterocycles. The van der Waals surface area contributed by atoms with Gasteiger partial charge in [-0.2, -0.15) is 10.2 Å². The van der Waals surface area contributed by atoms with Crippen molar-refractivity contribution in [2.45, 2.75) is 32.0 Å². The Labute approximate surface area is 105 Å². The van der Waals surface area contributed by atoms with E-state index in [2.05, 4.69) is 20.5 Å². The van der Waals surface area contributed by atoms with Gasteiger partial charge in [0.2, 0.25) is 11.8 Å². The average molecular weight is 248 g/mol. The molecule has 0 fully saturated rings. The van der Waals surface area contributed by atoms with E-state index < -0.39 is 0 Å². The Hall–Kier alpha value is -1.98. The predicted octanol–water partition coefficient (Wildman–Crippen LogP) is 1.67. The summed E-state index contributed by atoms with van der Waals surface area (Å²) in [6.45, 7) is 2.38. The van der Waals surface area contributed by atoms with E-state index in [1.54, 1.807) is 19.4 Å². The zero-order valence-electron chi connectivity index (χ0n) is 10.5. The van der Waals surface area contributed by atoms with E-state index in [0.29, 0.717) is 25.3 Å². The van der Waals surface area contributed by atoms with Crippen LogP contribution in [0.1, 0.15) is 25.3 Å². The Morgan fingerprint density at radius 2 is 2.22 bits per heavy atom. The minimum Gasteiger partial charge on any atom is -0.481 e. The minimum absolute atomic E-state index is 0.00402. The van der Waals surface area contributed by atoms with Crippen LogP contribution >= 0.6 is 0 Å². The molecular weight excluding hydrogens is 232 g/mol. The van der Waals surface area contributed by atoms with Gasteiger partial charge in [-0.3, -0.25) is 4.79 Å². The molecule has 2 rings (SSSR count). The Balaban J connectivity index is 1.71. The first kappa shape index (κ1) is 12.5. The Morgan fingerprint density at radius 1 is 1.44 bits per heavy atom. The molecule has 1 aromatic rings. The van der Waals surface area contributed by atoms with Gasteiger partial charge in [-0.1, -0.05) is 6.07 Å². The van der Waals surface area contributed by atoms with Crippen molar-refractivity contribution < 1.29 is 9.53 Å². The van der Waals surface area contributed by atoms with Gasteiger partial charge in [-0.15, -0.1) is 0 Å². The smallest absolute Gasteiger partial charge is 0.220 e. The fourth-order valence-electron chi connectivity index (χ4n) is 1.46. The summed E-state index contributed by atoms with van der Waals surface area (Å²) in [5.74, 6) is 0.569. The van der Waals surface area contributed by atoms with Gasteiger partial charge in [-0.05, 0) is 12.5 Å². The van der Waals surface area contributed by atoms with Gasteiger partial charge in [0.05, 0.1) is 7.11 Å². The molecule has 1 N–H and O–H groups in total. The molecule has 1 amide bonds. The van der Waals surface area contributed by atoms with Gasteiger partial charge >= 0.3 is 0 Å². The number of nitrogens with zero attached hydrogens (tertiary/aromatic N) is 3. The Kier molecular flexibility index (Phi) is 3.55. The molecule has 6 heteroatoms. The molecule has 6 nitrogen and oxygen atoms in total. The van der Waals surface area contributed by atoms with Gasteiger partial charge in [0.25, 0.3) is 0 Å². The maximum Gasteiger partial charge on any atom is 0.220 e. The third kappa shape index (κ3) is 3.51. The number of hydrogen-bond acceptors (Lipinski definition) is 5. The molecule has 0 aliphatic carbocycles. The number of nitrogens with one attached hydrogen (secondary N) is 1. The molecule has 0 atom stereocenters. The third-order valence-electron chi connectivity index (χ3n) is 2.76. The zero-order chi connectivity index (χ0) is 13.0. The molecule has 0 bridgehead atoms. The maximum absolute atomic E-state index is 11.6. The SMILES string of the molecule is COc1ccc(CNC(=O)CCC2(C)N=N2)cn1. The minimum atomic E-state index is -0.307. The zero-order valence-corrected chi connectivity index (χ0v) is 10.5. The molecule has 1 aliphatic heterocycles. The lowest BCUT2D eigenvalue weighted by atomic mass is 10.1. The number of carbonyl (C=O) groups is 1. The molecule has 96 valence electrons. The molecule has 0 saturated heterocycles. The van der Waals surface area contributed by atoms with Gasteiger partial charge in [0.15, 0.2) is 5.66 Å². The van der Waals surface area contributed by atoms with Crippen molar-refractivity contribution >= 4 is 5.91 Å². The lowest BCUT2D eigenvalue weighted by Gasteiger charge is -2.06. The van der Waals surface area contributed by atoms with Crippen molar-refractivity contribution in [3.8, 4) is 5.88 Å². The summed E-state index contributed by atoms with van der Waals surface area (Å²) >= 11 is 0. The second-order valence-corrected chi connectivity index (χ2v) is 4.40. The second-order valence-electron chi connectivity index (χ2n) is 4.40. The summed E-state index contributed by atoms with van der Waals surface area (Å²) in [6.07, 6.45) is 2.79. The topological polar surface area (TPSA) is 75.9 Å². The summed E-state index contributed by atoms with van der Waals surface area (Å²) in [5, 5.41) is 10.6. The average Bonchev–Trinajstić information content (AvgIpc) is 3.13. The molecule has 0 saturated carbocycles. The summed E-state index contributed by atoms with van der Waals surface area (Å²) in [5.41, 5.74) is 0.634. The van der Waals surface area contributed by atoms with E-state index in [1.165, 1.54) is 0 Å². The van der Waals surface area contributed by atoms with Crippen molar-refractivity contribution in [2.75, 3.05) is 7.11 Å². The van der Waals surface area contributed by atoms with Crippen LogP contribution in [0.15, 0.2) is 28.6 Å². The molecule has 1 aliphatic rings. The van der Waals surface area contributed by atoms with E-state index in [0.717, 1.165) is 5.56 Å². The van der Waals surface area contributed by atoms with Crippen LogP contribution in [0.2, 0.25) is 0 Å². The lowest BCUT2D eigenvalue weighted by molar-refractivity contribution is -0.121. The number of ether oxygens (including phenoxy) is 1. The predicted molar refractivity (Wildman–Crippen MR) is 65.1 cm³/mol. The van der Waals surface area contributed by atoms with E-state index in [4.69, 9.17) is 4.74 Å². The van der Waals surface area contributed by atoms with E-state index in [-0.39, 0.29) is 11.6 Å². The normalized spacial score (nSPS) is 15.2. The van der Waals surface area contributed by atoms with E-state index in [9.17, 15) is 4.79 Å². The number of hydrogen-bond donors (Lipinski definition) is 1. The quantitative estimate of drug-likeness (QED) is 0.831. The van der Waals surface area contributed by atoms with Crippen LogP contribution in [0.5, 0.6) is 5.88 Å². The molecule has 0 radical (unpaired) electrons. The third-order valence-corrected chi connectivity index (χ3v) is 2.76. The van der Waals surface area contributed by atoms with Gasteiger partial charge in [-0.25, -0.2) is 4.98 Å². The highest BCUT2D eigenvalue weighted by Gasteiger charge is 2.33. The molecular formula is C12H16N4O2. The molecule has 0 unspecified atom stereocenters. The van der Waals surface area contributed by atoms with Crippen LogP contribution in [0.25, 0.3) is 0 Å². The highest BCUT2D eigenvalue weighted by molar-refractivity contribution is 5.75. The summed E-state index contributed by atoms with van der Waals surface area (Å²) in [4.78, 5) is 15.6. The number of amides is 1. The van der Waals surface area contributed by atoms with Crippen LogP contribution in [0.3, 0.4) is 0 Å². The summed E-state index contributed by atoms with van der Waals surface area (Å²) < 4.78 is 4.96. The summed E-state index contributed by atoms with van der Waals surface area (Å²) in [6, 6.07) is 3.64. The standard InChI is InChI=1S/C12H16N4O2/c1-12(15-16-12)6-5-10(17)13-7-9-3-4-11(18-2)14-8-9/h3-4,8H,5-7H2,1-2H3,(H,13,17). The number of pyridine rings is 1. The molecule has 0 spiro atoms. The highest BCUT2D eigenvalue weighted by Crippen LogP contribution is 2.31. The number of carbonyl (C=O) groups excluding carboxylic acids is 1. The van der Waals surface area contributed by atoms with E-state index in [1.807, 2.05) is 13.0 Å². The molecule has 0 aromatic carbocycles. The first-order valence-electron chi connectivity index (χ1n) is 5.81. The van der Waals surface area contributed by atoms with Crippen LogP contribution in [-0.4, -0.2) is 23.7 Å².